The van der Waals surface area contributed by atoms with Crippen LogP contribution >= 0.6 is 0 Å². The van der Waals surface area contributed by atoms with E-state index in [-0.39, 0.29) is 5.91 Å². The molecular weight excluding hydrogens is 386 g/mol. The van der Waals surface area contributed by atoms with Crippen molar-refractivity contribution in [2.45, 2.75) is 13.3 Å². The van der Waals surface area contributed by atoms with Crippen LogP contribution in [0.3, 0.4) is 0 Å². The predicted octanol–water partition coefficient (Wildman–Crippen LogP) is 3.82. The number of allylic oxidation sites excluding steroid dienone is 6. The Labute approximate surface area is 181 Å². The van der Waals surface area contributed by atoms with Gasteiger partial charge in [-0.2, -0.15) is 5.10 Å². The van der Waals surface area contributed by atoms with Gasteiger partial charge in [0.2, 0.25) is 0 Å². The summed E-state index contributed by atoms with van der Waals surface area (Å²) in [4.78, 5) is 21.9. The fourth-order valence-electron chi connectivity index (χ4n) is 4.16. The second-order valence-corrected chi connectivity index (χ2v) is 7.95. The maximum absolute atomic E-state index is 13.2. The fourth-order valence-corrected chi connectivity index (χ4v) is 4.16. The molecule has 6 heteroatoms. The van der Waals surface area contributed by atoms with Gasteiger partial charge < -0.3 is 0 Å². The normalized spacial score (nSPS) is 23.8. The minimum absolute atomic E-state index is 0.0767. The molecule has 0 N–H and O–H groups in total. The molecule has 0 fully saturated rings. The summed E-state index contributed by atoms with van der Waals surface area (Å²) in [5, 5.41) is 5.36. The number of aromatic nitrogens is 2. The van der Waals surface area contributed by atoms with E-state index in [0.29, 0.717) is 0 Å². The largest absolute Gasteiger partial charge is 0.300 e. The number of hydrogen-bond donors (Lipinski definition) is 0. The lowest BCUT2D eigenvalue weighted by molar-refractivity contribution is -0.121. The van der Waals surface area contributed by atoms with E-state index in [9.17, 15) is 4.79 Å². The van der Waals surface area contributed by atoms with Crippen LogP contribution in [0.5, 0.6) is 0 Å². The molecule has 3 aliphatic heterocycles. The first kappa shape index (κ1) is 19.5. The maximum Gasteiger partial charge on any atom is 0.255 e. The van der Waals surface area contributed by atoms with Crippen molar-refractivity contribution in [3.63, 3.8) is 0 Å². The molecule has 0 saturated carbocycles. The van der Waals surface area contributed by atoms with Crippen LogP contribution in [0.1, 0.15) is 18.9 Å². The molecule has 3 aliphatic rings. The van der Waals surface area contributed by atoms with Gasteiger partial charge in [-0.25, -0.2) is 0 Å². The number of hydrogen-bond acceptors (Lipinski definition) is 4. The highest BCUT2D eigenvalue weighted by Crippen LogP contribution is 2.28. The van der Waals surface area contributed by atoms with E-state index >= 15 is 0 Å². The molecule has 0 aliphatic carbocycles. The Bertz CT molecular complexity index is 1240. The molecule has 0 saturated heterocycles. The minimum atomic E-state index is -0.0767. The molecule has 31 heavy (non-hydrogen) atoms. The van der Waals surface area contributed by atoms with E-state index in [1.54, 1.807) is 17.2 Å². The van der Waals surface area contributed by atoms with Gasteiger partial charge in [-0.05, 0) is 47.9 Å². The van der Waals surface area contributed by atoms with Crippen LogP contribution < -0.4 is 0 Å². The summed E-state index contributed by atoms with van der Waals surface area (Å²) in [6.07, 6.45) is 16.2. The Morgan fingerprint density at radius 1 is 1.23 bits per heavy atom. The van der Waals surface area contributed by atoms with Crippen LogP contribution in [-0.2, 0) is 11.8 Å². The molecule has 0 unspecified atom stereocenters. The molecule has 0 bridgehead atoms. The maximum atomic E-state index is 13.2. The van der Waals surface area contributed by atoms with E-state index in [0.717, 1.165) is 59.5 Å². The average molecular weight is 412 g/mol. The highest BCUT2D eigenvalue weighted by atomic mass is 16.2. The SMILES string of the molecule is CCN1CC=C(C2=CN3C(=O)\C=C(c4ccc5c(cnn5C)c4)/C=C/C=C/3C=N2)CC1. The number of carbonyl (C=O) groups is 1. The average Bonchev–Trinajstić information content (AvgIpc) is 3.17. The third kappa shape index (κ3) is 3.70. The first-order chi connectivity index (χ1) is 15.1. The molecule has 1 amide bonds. The van der Waals surface area contributed by atoms with Gasteiger partial charge in [0, 0.05) is 37.8 Å². The molecule has 5 rings (SSSR count). The number of rotatable bonds is 3. The Balaban J connectivity index is 1.46. The Morgan fingerprint density at radius 3 is 2.94 bits per heavy atom. The smallest absolute Gasteiger partial charge is 0.255 e. The number of aliphatic imine (C=N–C) groups is 1. The van der Waals surface area contributed by atoms with Crippen molar-refractivity contribution in [3.8, 4) is 0 Å². The molecule has 6 nitrogen and oxygen atoms in total. The van der Waals surface area contributed by atoms with Crippen LogP contribution in [0.4, 0.5) is 0 Å². The predicted molar refractivity (Wildman–Crippen MR) is 124 cm³/mol. The van der Waals surface area contributed by atoms with E-state index < -0.39 is 0 Å². The molecule has 0 atom stereocenters. The lowest BCUT2D eigenvalue weighted by Crippen LogP contribution is -2.30. The zero-order valence-electron chi connectivity index (χ0n) is 17.8. The minimum Gasteiger partial charge on any atom is -0.300 e. The van der Waals surface area contributed by atoms with Gasteiger partial charge in [-0.1, -0.05) is 31.2 Å². The van der Waals surface area contributed by atoms with Crippen LogP contribution in [0.15, 0.2) is 82.9 Å². The Kier molecular flexibility index (Phi) is 5.00. The highest BCUT2D eigenvalue weighted by molar-refractivity contribution is 6.03. The second-order valence-electron chi connectivity index (χ2n) is 7.95. The standard InChI is InChI=1S/C25H25N5O/c1-3-29-11-9-18(10-12-29)23-17-30-22(16-26-23)6-4-5-19(14-25(30)31)20-7-8-24-21(13-20)15-27-28(24)2/h4-9,13-17H,3,10-12H2,1-2H3/b5-4+,19-14+,22-6+. The van der Waals surface area contributed by atoms with Crippen LogP contribution in [0.2, 0.25) is 0 Å². The number of amides is 1. The van der Waals surface area contributed by atoms with Crippen molar-refractivity contribution < 1.29 is 4.79 Å². The van der Waals surface area contributed by atoms with Gasteiger partial charge in [0.25, 0.3) is 5.91 Å². The zero-order valence-corrected chi connectivity index (χ0v) is 17.8. The van der Waals surface area contributed by atoms with E-state index in [2.05, 4.69) is 34.1 Å². The van der Waals surface area contributed by atoms with Gasteiger partial charge in [-0.3, -0.25) is 24.3 Å². The summed E-state index contributed by atoms with van der Waals surface area (Å²) in [6, 6.07) is 6.14. The Morgan fingerprint density at radius 2 is 2.13 bits per heavy atom. The van der Waals surface area contributed by atoms with Crippen molar-refractivity contribution in [3.05, 3.63) is 83.5 Å². The first-order valence-corrected chi connectivity index (χ1v) is 10.7. The summed E-state index contributed by atoms with van der Waals surface area (Å²) >= 11 is 0. The molecule has 4 heterocycles. The van der Waals surface area contributed by atoms with Gasteiger partial charge in [0.05, 0.1) is 29.3 Å². The van der Waals surface area contributed by atoms with E-state index in [1.807, 2.05) is 54.5 Å². The molecule has 0 spiro atoms. The lowest BCUT2D eigenvalue weighted by Gasteiger charge is -2.28. The summed E-state index contributed by atoms with van der Waals surface area (Å²) in [5.41, 5.74) is 5.78. The van der Waals surface area contributed by atoms with Crippen LogP contribution in [-0.4, -0.2) is 51.3 Å². The summed E-state index contributed by atoms with van der Waals surface area (Å²) in [6.45, 7) is 5.18. The first-order valence-electron chi connectivity index (χ1n) is 10.7. The van der Waals surface area contributed by atoms with Crippen molar-refractivity contribution in [1.82, 2.24) is 19.6 Å². The fraction of sp³-hybridized carbons (Fsp3) is 0.240. The number of aryl methyl sites for hydroxylation is 1. The third-order valence-corrected chi connectivity index (χ3v) is 6.07. The monoisotopic (exact) mass is 411 g/mol. The van der Waals surface area contributed by atoms with Gasteiger partial charge in [0.1, 0.15) is 0 Å². The summed E-state index contributed by atoms with van der Waals surface area (Å²) < 4.78 is 1.85. The third-order valence-electron chi connectivity index (χ3n) is 6.07. The quantitative estimate of drug-likeness (QED) is 0.772. The molecule has 0 radical (unpaired) electrons. The van der Waals surface area contributed by atoms with Crippen molar-refractivity contribution in [1.29, 1.82) is 0 Å². The molecule has 2 aromatic rings. The van der Waals surface area contributed by atoms with Crippen molar-refractivity contribution >= 4 is 28.6 Å². The number of likely N-dealkylation sites (N-methyl/N-ethyl adjacent to an activating group) is 1. The van der Waals surface area contributed by atoms with E-state index in [4.69, 9.17) is 0 Å². The number of benzene rings is 1. The van der Waals surface area contributed by atoms with Crippen LogP contribution in [0, 0.1) is 0 Å². The lowest BCUT2D eigenvalue weighted by atomic mass is 10.0. The van der Waals surface area contributed by atoms with Gasteiger partial charge in [-0.15, -0.1) is 0 Å². The Hall–Kier alpha value is -3.51. The number of fused-ring (bicyclic) bond motifs is 2. The summed E-state index contributed by atoms with van der Waals surface area (Å²) in [5.74, 6) is -0.0767. The molecular formula is C25H25N5O. The number of nitrogens with zero attached hydrogens (tertiary/aromatic N) is 5. The highest BCUT2D eigenvalue weighted by Gasteiger charge is 2.22. The second kappa shape index (κ2) is 7.96. The summed E-state index contributed by atoms with van der Waals surface area (Å²) in [7, 11) is 1.93. The van der Waals surface area contributed by atoms with Gasteiger partial charge >= 0.3 is 0 Å². The number of carbonyl (C=O) groups excluding carboxylic acids is 1. The van der Waals surface area contributed by atoms with Crippen molar-refractivity contribution in [2.75, 3.05) is 19.6 Å². The van der Waals surface area contributed by atoms with E-state index in [1.165, 1.54) is 5.57 Å². The topological polar surface area (TPSA) is 53.7 Å². The zero-order chi connectivity index (χ0) is 21.4. The molecule has 156 valence electrons. The van der Waals surface area contributed by atoms with Gasteiger partial charge in [0.15, 0.2) is 0 Å². The molecule has 1 aromatic carbocycles. The van der Waals surface area contributed by atoms with Crippen molar-refractivity contribution in [2.24, 2.45) is 12.0 Å². The molecule has 1 aromatic heterocycles. The van der Waals surface area contributed by atoms with Crippen LogP contribution in [0.25, 0.3) is 16.5 Å².